The van der Waals surface area contributed by atoms with Crippen molar-refractivity contribution in [3.63, 3.8) is 0 Å². The number of imidazole rings is 1. The monoisotopic (exact) mass is 308 g/mol. The van der Waals surface area contributed by atoms with Gasteiger partial charge in [0.05, 0.1) is 19.3 Å². The summed E-state index contributed by atoms with van der Waals surface area (Å²) in [6, 6.07) is 3.91. The van der Waals surface area contributed by atoms with E-state index in [0.717, 1.165) is 56.2 Å². The van der Waals surface area contributed by atoms with E-state index in [1.54, 1.807) is 0 Å². The lowest BCUT2D eigenvalue weighted by Gasteiger charge is -2.32. The molecule has 1 atom stereocenters. The van der Waals surface area contributed by atoms with Crippen LogP contribution in [-0.2, 0) is 17.7 Å². The minimum Gasteiger partial charge on any atom is -0.374 e. The van der Waals surface area contributed by atoms with Crippen molar-refractivity contribution in [1.82, 2.24) is 19.4 Å². The number of halogens is 1. The quantitative estimate of drug-likeness (QED) is 0.792. The van der Waals surface area contributed by atoms with Crippen LogP contribution in [0.5, 0.6) is 0 Å². The summed E-state index contributed by atoms with van der Waals surface area (Å²) in [5.41, 5.74) is 1.86. The van der Waals surface area contributed by atoms with E-state index in [1.165, 1.54) is 0 Å². The molecule has 0 amide bonds. The minimum absolute atomic E-state index is 0.187. The van der Waals surface area contributed by atoms with Gasteiger partial charge in [-0.25, -0.2) is 9.97 Å². The number of morpholine rings is 1. The molecule has 3 rings (SSSR count). The maximum absolute atomic E-state index is 5.91. The Morgan fingerprint density at radius 1 is 1.48 bits per heavy atom. The number of aryl methyl sites for hydroxylation is 1. The van der Waals surface area contributed by atoms with Crippen molar-refractivity contribution in [2.45, 2.75) is 26.0 Å². The molecule has 0 bridgehead atoms. The van der Waals surface area contributed by atoms with Crippen LogP contribution in [0.4, 0.5) is 0 Å². The van der Waals surface area contributed by atoms with Gasteiger partial charge < -0.3 is 9.30 Å². The number of likely N-dealkylation sites (N-methyl/N-ethyl adjacent to an activating group) is 1. The number of alkyl halides is 1. The first-order valence-electron chi connectivity index (χ1n) is 7.52. The molecule has 2 aromatic heterocycles. The summed E-state index contributed by atoms with van der Waals surface area (Å²) in [6.45, 7) is 6.82. The molecular formula is C15H21ClN4O. The molecule has 0 radical (unpaired) electrons. The molecule has 1 saturated heterocycles. The van der Waals surface area contributed by atoms with E-state index in [-0.39, 0.29) is 6.10 Å². The maximum atomic E-state index is 5.91. The van der Waals surface area contributed by atoms with Gasteiger partial charge >= 0.3 is 0 Å². The van der Waals surface area contributed by atoms with Crippen molar-refractivity contribution < 1.29 is 4.74 Å². The van der Waals surface area contributed by atoms with Gasteiger partial charge in [0.15, 0.2) is 5.65 Å². The highest BCUT2D eigenvalue weighted by Gasteiger charge is 2.22. The highest BCUT2D eigenvalue weighted by molar-refractivity contribution is 6.17. The van der Waals surface area contributed by atoms with Crippen molar-refractivity contribution in [2.24, 2.45) is 0 Å². The molecular weight excluding hydrogens is 288 g/mol. The fourth-order valence-electron chi connectivity index (χ4n) is 2.85. The van der Waals surface area contributed by atoms with Crippen molar-refractivity contribution in [1.29, 1.82) is 0 Å². The molecule has 1 aliphatic rings. The van der Waals surface area contributed by atoms with E-state index in [9.17, 15) is 0 Å². The second kappa shape index (κ2) is 6.73. The number of ether oxygens (including phenoxy) is 1. The molecule has 5 nitrogen and oxygen atoms in total. The zero-order valence-electron chi connectivity index (χ0n) is 12.3. The van der Waals surface area contributed by atoms with Gasteiger partial charge in [0.1, 0.15) is 11.3 Å². The molecule has 3 heterocycles. The third-order valence-electron chi connectivity index (χ3n) is 3.96. The van der Waals surface area contributed by atoms with Crippen LogP contribution in [0.3, 0.4) is 0 Å². The van der Waals surface area contributed by atoms with Gasteiger partial charge in [-0.3, -0.25) is 4.90 Å². The second-order valence-corrected chi connectivity index (χ2v) is 5.69. The van der Waals surface area contributed by atoms with Gasteiger partial charge in [-0.1, -0.05) is 6.92 Å². The molecule has 0 aliphatic carbocycles. The molecule has 1 unspecified atom stereocenters. The van der Waals surface area contributed by atoms with Crippen LogP contribution < -0.4 is 0 Å². The zero-order chi connectivity index (χ0) is 14.7. The topological polar surface area (TPSA) is 43.2 Å². The highest BCUT2D eigenvalue weighted by Crippen LogP contribution is 2.17. The Bertz CT molecular complexity index is 600. The number of rotatable bonds is 5. The van der Waals surface area contributed by atoms with Crippen LogP contribution in [0.15, 0.2) is 18.3 Å². The molecule has 2 aromatic rings. The van der Waals surface area contributed by atoms with Gasteiger partial charge in [-0.2, -0.15) is 0 Å². The van der Waals surface area contributed by atoms with Gasteiger partial charge in [0.2, 0.25) is 0 Å². The third-order valence-corrected chi connectivity index (χ3v) is 4.15. The minimum atomic E-state index is 0.187. The number of aromatic nitrogens is 3. The number of nitrogens with zero attached hydrogens (tertiary/aromatic N) is 4. The van der Waals surface area contributed by atoms with Gasteiger partial charge in [0, 0.05) is 31.6 Å². The standard InChI is InChI=1S/C15H21ClN4O/c1-2-19-8-9-21-12(10-19)11-20-14(5-6-16)18-13-4-3-7-17-15(13)20/h3-4,7,12H,2,5-6,8-11H2,1H3. The Morgan fingerprint density at radius 2 is 2.38 bits per heavy atom. The molecule has 21 heavy (non-hydrogen) atoms. The molecule has 0 aromatic carbocycles. The molecule has 0 N–H and O–H groups in total. The van der Waals surface area contributed by atoms with Gasteiger partial charge in [0.25, 0.3) is 0 Å². The van der Waals surface area contributed by atoms with Crippen molar-refractivity contribution in [3.05, 3.63) is 24.2 Å². The molecule has 6 heteroatoms. The van der Waals surface area contributed by atoms with Gasteiger partial charge in [-0.15, -0.1) is 11.6 Å². The predicted octanol–water partition coefficient (Wildman–Crippen LogP) is 1.93. The largest absolute Gasteiger partial charge is 0.374 e. The summed E-state index contributed by atoms with van der Waals surface area (Å²) in [6.07, 6.45) is 2.75. The molecule has 0 spiro atoms. The summed E-state index contributed by atoms with van der Waals surface area (Å²) < 4.78 is 8.08. The normalized spacial score (nSPS) is 20.2. The lowest BCUT2D eigenvalue weighted by Crippen LogP contribution is -2.44. The third kappa shape index (κ3) is 3.20. The molecule has 114 valence electrons. The average Bonchev–Trinajstić information content (AvgIpc) is 2.86. The Kier molecular flexibility index (Phi) is 4.73. The Labute approximate surface area is 129 Å². The predicted molar refractivity (Wildman–Crippen MR) is 83.8 cm³/mol. The lowest BCUT2D eigenvalue weighted by atomic mass is 10.2. The fourth-order valence-corrected chi connectivity index (χ4v) is 3.02. The van der Waals surface area contributed by atoms with Crippen LogP contribution in [0, 0.1) is 0 Å². The van der Waals surface area contributed by atoms with E-state index in [0.29, 0.717) is 5.88 Å². The SMILES string of the molecule is CCN1CCOC(Cn2c(CCCl)nc3cccnc32)C1. The first kappa shape index (κ1) is 14.8. The van der Waals surface area contributed by atoms with E-state index < -0.39 is 0 Å². The van der Waals surface area contributed by atoms with E-state index >= 15 is 0 Å². The van der Waals surface area contributed by atoms with Crippen LogP contribution in [0.25, 0.3) is 11.2 Å². The van der Waals surface area contributed by atoms with E-state index in [4.69, 9.17) is 16.3 Å². The average molecular weight is 309 g/mol. The van der Waals surface area contributed by atoms with Crippen LogP contribution in [-0.4, -0.2) is 57.7 Å². The summed E-state index contributed by atoms with van der Waals surface area (Å²) in [7, 11) is 0. The van der Waals surface area contributed by atoms with E-state index in [2.05, 4.69) is 26.4 Å². The van der Waals surface area contributed by atoms with Crippen LogP contribution >= 0.6 is 11.6 Å². The zero-order valence-corrected chi connectivity index (χ0v) is 13.1. The van der Waals surface area contributed by atoms with Gasteiger partial charge in [-0.05, 0) is 18.7 Å². The van der Waals surface area contributed by atoms with Crippen molar-refractivity contribution in [3.8, 4) is 0 Å². The second-order valence-electron chi connectivity index (χ2n) is 5.31. The molecule has 0 saturated carbocycles. The fraction of sp³-hybridized carbons (Fsp3) is 0.600. The first-order chi connectivity index (χ1) is 10.3. The highest BCUT2D eigenvalue weighted by atomic mass is 35.5. The van der Waals surface area contributed by atoms with Crippen molar-refractivity contribution in [2.75, 3.05) is 32.1 Å². The number of hydrogen-bond donors (Lipinski definition) is 0. The summed E-state index contributed by atoms with van der Waals surface area (Å²) in [4.78, 5) is 11.5. The Hall–Kier alpha value is -1.17. The Morgan fingerprint density at radius 3 is 3.19 bits per heavy atom. The summed E-state index contributed by atoms with van der Waals surface area (Å²) in [5, 5.41) is 0. The Balaban J connectivity index is 1.86. The molecule has 1 fully saturated rings. The van der Waals surface area contributed by atoms with E-state index in [1.807, 2.05) is 18.3 Å². The first-order valence-corrected chi connectivity index (χ1v) is 8.05. The summed E-state index contributed by atoms with van der Waals surface area (Å²) in [5.74, 6) is 1.56. The van der Waals surface area contributed by atoms with Crippen LogP contribution in [0.1, 0.15) is 12.7 Å². The number of hydrogen-bond acceptors (Lipinski definition) is 4. The maximum Gasteiger partial charge on any atom is 0.160 e. The molecule has 1 aliphatic heterocycles. The number of pyridine rings is 1. The number of fused-ring (bicyclic) bond motifs is 1. The summed E-state index contributed by atoms with van der Waals surface area (Å²) >= 11 is 5.91. The smallest absolute Gasteiger partial charge is 0.160 e. The lowest BCUT2D eigenvalue weighted by molar-refractivity contribution is -0.0341. The van der Waals surface area contributed by atoms with Crippen molar-refractivity contribution >= 4 is 22.8 Å². The van der Waals surface area contributed by atoms with Crippen LogP contribution in [0.2, 0.25) is 0 Å².